The van der Waals surface area contributed by atoms with E-state index in [4.69, 9.17) is 0 Å². The Morgan fingerprint density at radius 3 is 2.59 bits per heavy atom. The van der Waals surface area contributed by atoms with Gasteiger partial charge in [-0.3, -0.25) is 4.79 Å². The van der Waals surface area contributed by atoms with Gasteiger partial charge in [-0.1, -0.05) is 67.0 Å². The van der Waals surface area contributed by atoms with Gasteiger partial charge in [0.05, 0.1) is 10.7 Å². The molecule has 0 amide bonds. The van der Waals surface area contributed by atoms with Crippen LogP contribution in [0.25, 0.3) is 16.3 Å². The third-order valence-corrected chi connectivity index (χ3v) is 7.91. The lowest BCUT2D eigenvalue weighted by Gasteiger charge is -2.29. The summed E-state index contributed by atoms with van der Waals surface area (Å²) in [5.41, 5.74) is 2.87. The van der Waals surface area contributed by atoms with E-state index in [9.17, 15) is 9.90 Å². The number of aryl methyl sites for hydroxylation is 1. The molecule has 5 rings (SSSR count). The third-order valence-electron chi connectivity index (χ3n) is 5.68. The van der Waals surface area contributed by atoms with Gasteiger partial charge in [0.1, 0.15) is 11.2 Å². The van der Waals surface area contributed by atoms with E-state index < -0.39 is 0 Å². The number of thiazole rings is 1. The molecule has 32 heavy (non-hydrogen) atoms. The van der Waals surface area contributed by atoms with E-state index in [0.717, 1.165) is 56.8 Å². The number of ketones is 1. The lowest BCUT2D eigenvalue weighted by Crippen LogP contribution is -2.36. The summed E-state index contributed by atoms with van der Waals surface area (Å²) >= 11 is 3.25. The highest BCUT2D eigenvalue weighted by Crippen LogP contribution is 2.47. The van der Waals surface area contributed by atoms with E-state index in [1.807, 2.05) is 24.3 Å². The van der Waals surface area contributed by atoms with Gasteiger partial charge in [-0.2, -0.15) is 4.57 Å². The van der Waals surface area contributed by atoms with E-state index in [0.29, 0.717) is 0 Å². The Labute approximate surface area is 196 Å². The zero-order chi connectivity index (χ0) is 22.2. The maximum atomic E-state index is 13.0. The predicted molar refractivity (Wildman–Crippen MR) is 130 cm³/mol. The van der Waals surface area contributed by atoms with Gasteiger partial charge in [-0.15, -0.1) is 0 Å². The van der Waals surface area contributed by atoms with Crippen LogP contribution < -0.4 is 14.6 Å². The van der Waals surface area contributed by atoms with Crippen molar-refractivity contribution < 1.29 is 14.5 Å². The average Bonchev–Trinajstić information content (AvgIpc) is 3.34. The Morgan fingerprint density at radius 2 is 1.81 bits per heavy atom. The smallest absolute Gasteiger partial charge is 0.263 e. The molecular formula is C26H24N2O2S2. The molecule has 1 aliphatic carbocycles. The third kappa shape index (κ3) is 3.48. The molecule has 1 aliphatic heterocycles. The van der Waals surface area contributed by atoms with Crippen LogP contribution in [0.1, 0.15) is 31.7 Å². The van der Waals surface area contributed by atoms with Gasteiger partial charge in [-0.05, 0) is 30.7 Å². The number of hydrogen-bond donors (Lipinski definition) is 0. The van der Waals surface area contributed by atoms with Crippen LogP contribution in [0.2, 0.25) is 0 Å². The van der Waals surface area contributed by atoms with Crippen LogP contribution in [-0.4, -0.2) is 12.3 Å². The molecule has 0 N–H and O–H groups in total. The molecule has 3 aromatic rings. The van der Waals surface area contributed by atoms with E-state index in [1.165, 1.54) is 0 Å². The van der Waals surface area contributed by atoms with E-state index in [2.05, 4.69) is 47.6 Å². The fraction of sp³-hybridized carbons (Fsp3) is 0.231. The molecular weight excluding hydrogens is 436 g/mol. The molecule has 162 valence electrons. The number of rotatable bonds is 6. The van der Waals surface area contributed by atoms with Crippen LogP contribution >= 0.6 is 23.1 Å². The van der Waals surface area contributed by atoms with Crippen LogP contribution in [0.4, 0.5) is 5.69 Å². The molecule has 0 fully saturated rings. The minimum absolute atomic E-state index is 0.156. The number of aromatic nitrogens is 1. The van der Waals surface area contributed by atoms with Crippen LogP contribution in [0.15, 0.2) is 81.4 Å². The van der Waals surface area contributed by atoms with Gasteiger partial charge in [0.25, 0.3) is 5.01 Å². The number of benzene rings is 2. The van der Waals surface area contributed by atoms with Gasteiger partial charge in [-0.25, -0.2) is 0 Å². The lowest BCUT2D eigenvalue weighted by atomic mass is 9.88. The van der Waals surface area contributed by atoms with E-state index >= 15 is 0 Å². The van der Waals surface area contributed by atoms with Crippen LogP contribution in [0.3, 0.4) is 0 Å². The zero-order valence-corrected chi connectivity index (χ0v) is 19.8. The van der Waals surface area contributed by atoms with Crippen LogP contribution in [0, 0.1) is 0 Å². The summed E-state index contributed by atoms with van der Waals surface area (Å²) in [7, 11) is 0. The fourth-order valence-corrected chi connectivity index (χ4v) is 6.43. The van der Waals surface area contributed by atoms with Gasteiger partial charge >= 0.3 is 0 Å². The van der Waals surface area contributed by atoms with Crippen molar-refractivity contribution in [3.8, 4) is 0 Å². The molecule has 0 saturated heterocycles. The van der Waals surface area contributed by atoms with Gasteiger partial charge in [0.2, 0.25) is 5.52 Å². The largest absolute Gasteiger partial charge is 0.871 e. The maximum absolute atomic E-state index is 13.0. The minimum atomic E-state index is -0.156. The van der Waals surface area contributed by atoms with Crippen molar-refractivity contribution in [3.63, 3.8) is 0 Å². The normalized spacial score (nSPS) is 18.2. The van der Waals surface area contributed by atoms with Crippen LogP contribution in [0.5, 0.6) is 0 Å². The highest BCUT2D eigenvalue weighted by molar-refractivity contribution is 8.03. The number of anilines is 1. The monoisotopic (exact) mass is 460 g/mol. The molecule has 0 radical (unpaired) electrons. The molecule has 0 bridgehead atoms. The molecule has 6 heteroatoms. The standard InChI is InChI=1S/C26H24N2O2S2/c1-3-13-27-19-9-5-7-11-21(19)31-23(27)15-17-25(29)18(26(17)30)16-24-28(14-4-2)20-10-6-8-12-22(20)32-24/h5-12,15-16H,3-4,13-14H2,1-2H3. The Morgan fingerprint density at radius 1 is 1.03 bits per heavy atom. The maximum Gasteiger partial charge on any atom is 0.263 e. The topological polar surface area (TPSA) is 47.2 Å². The molecule has 2 aliphatic rings. The summed E-state index contributed by atoms with van der Waals surface area (Å²) in [6.07, 6.45) is 5.54. The lowest BCUT2D eigenvalue weighted by molar-refractivity contribution is -0.668. The molecule has 0 saturated carbocycles. The SMILES string of the molecule is CCCN1C(=CC2=C([O-])C(=Cc3sc4ccccc4[n+]3CCC)C2=O)Sc2ccccc21. The van der Waals surface area contributed by atoms with Crippen molar-refractivity contribution in [2.45, 2.75) is 38.1 Å². The number of carbonyl (C=O) groups excluding carboxylic acids is 1. The fourth-order valence-electron chi connectivity index (χ4n) is 4.17. The molecule has 0 unspecified atom stereocenters. The minimum Gasteiger partial charge on any atom is -0.871 e. The number of carbonyl (C=O) groups is 1. The first kappa shape index (κ1) is 21.0. The van der Waals surface area contributed by atoms with E-state index in [-0.39, 0.29) is 22.7 Å². The number of thioether (sulfide) groups is 1. The second-order valence-corrected chi connectivity index (χ2v) is 10.0. The number of hydrogen-bond acceptors (Lipinski definition) is 5. The first-order valence-electron chi connectivity index (χ1n) is 11.0. The van der Waals surface area contributed by atoms with Gasteiger partial charge < -0.3 is 10.0 Å². The van der Waals surface area contributed by atoms with Crippen molar-refractivity contribution in [2.75, 3.05) is 11.4 Å². The van der Waals surface area contributed by atoms with Crippen molar-refractivity contribution in [2.24, 2.45) is 0 Å². The quantitative estimate of drug-likeness (QED) is 0.382. The number of allylic oxidation sites excluding steroid dienone is 3. The highest BCUT2D eigenvalue weighted by atomic mass is 32.2. The van der Waals surface area contributed by atoms with Crippen molar-refractivity contribution in [1.29, 1.82) is 0 Å². The molecule has 4 nitrogen and oxygen atoms in total. The summed E-state index contributed by atoms with van der Waals surface area (Å²) in [5.74, 6) is -0.313. The highest BCUT2D eigenvalue weighted by Gasteiger charge is 2.31. The van der Waals surface area contributed by atoms with E-state index in [1.54, 1.807) is 35.3 Å². The van der Waals surface area contributed by atoms with Crippen LogP contribution in [-0.2, 0) is 11.3 Å². The van der Waals surface area contributed by atoms with Crippen molar-refractivity contribution in [3.05, 3.63) is 81.5 Å². The van der Waals surface area contributed by atoms with Gasteiger partial charge in [0.15, 0.2) is 5.78 Å². The predicted octanol–water partition coefficient (Wildman–Crippen LogP) is 5.04. The van der Waals surface area contributed by atoms with Gasteiger partial charge in [0, 0.05) is 41.1 Å². The Hall–Kier alpha value is -2.83. The summed E-state index contributed by atoms with van der Waals surface area (Å²) in [5, 5.41) is 14.9. The molecule has 1 aromatic heterocycles. The summed E-state index contributed by atoms with van der Waals surface area (Å²) in [6.45, 7) is 5.97. The number of fused-ring (bicyclic) bond motifs is 2. The number of Topliss-reactive ketones (excluding diaryl/α,β-unsaturated/α-hetero) is 1. The second kappa shape index (κ2) is 8.60. The number of para-hydroxylation sites is 2. The Kier molecular flexibility index (Phi) is 5.66. The van der Waals surface area contributed by atoms with Crippen molar-refractivity contribution >= 4 is 50.9 Å². The Balaban J connectivity index is 1.51. The zero-order valence-electron chi connectivity index (χ0n) is 18.1. The van der Waals surface area contributed by atoms with Crippen molar-refractivity contribution in [1.82, 2.24) is 0 Å². The first-order valence-corrected chi connectivity index (χ1v) is 12.6. The first-order chi connectivity index (χ1) is 15.6. The second-order valence-electron chi connectivity index (χ2n) is 7.89. The number of nitrogens with zero attached hydrogens (tertiary/aromatic N) is 2. The molecule has 0 atom stereocenters. The summed E-state index contributed by atoms with van der Waals surface area (Å²) in [6, 6.07) is 16.4. The summed E-state index contributed by atoms with van der Waals surface area (Å²) in [4.78, 5) is 16.3. The average molecular weight is 461 g/mol. The molecule has 2 aromatic carbocycles. The Bertz CT molecular complexity index is 1320. The molecule has 0 spiro atoms. The summed E-state index contributed by atoms with van der Waals surface area (Å²) < 4.78 is 3.37. The molecule has 2 heterocycles.